The molecule has 0 saturated heterocycles. The number of ether oxygens (including phenoxy) is 2. The molecule has 0 saturated carbocycles. The number of carbonyl (C=O) groups is 2. The lowest BCUT2D eigenvalue weighted by molar-refractivity contribution is -0.142. The minimum Gasteiger partial charge on any atom is -0.462 e. The van der Waals surface area contributed by atoms with Crippen molar-refractivity contribution in [2.24, 2.45) is 0 Å². The van der Waals surface area contributed by atoms with Crippen LogP contribution in [0, 0.1) is 0 Å². The van der Waals surface area contributed by atoms with Gasteiger partial charge in [0.15, 0.2) is 0 Å². The van der Waals surface area contributed by atoms with Gasteiger partial charge in [-0.15, -0.1) is 0 Å². The maximum Gasteiger partial charge on any atom is 0.333 e. The molecule has 18 heavy (non-hydrogen) atoms. The fraction of sp³-hybridized carbons (Fsp3) is 0.571. The van der Waals surface area contributed by atoms with Crippen molar-refractivity contribution in [2.45, 2.75) is 47.1 Å². The van der Waals surface area contributed by atoms with Gasteiger partial charge in [-0.3, -0.25) is 0 Å². The Bertz CT molecular complexity index is 303. The first-order valence-corrected chi connectivity index (χ1v) is 5.91. The maximum atomic E-state index is 10.6. The van der Waals surface area contributed by atoms with Gasteiger partial charge in [0.2, 0.25) is 0 Å². The third-order valence-electron chi connectivity index (χ3n) is 1.48. The van der Waals surface area contributed by atoms with Gasteiger partial charge in [-0.1, -0.05) is 20.1 Å². The van der Waals surface area contributed by atoms with Crippen molar-refractivity contribution in [1.29, 1.82) is 0 Å². The van der Waals surface area contributed by atoms with Gasteiger partial charge >= 0.3 is 11.9 Å². The lowest BCUT2D eigenvalue weighted by Gasteiger charge is -2.05. The molecule has 0 aromatic rings. The quantitative estimate of drug-likeness (QED) is 0.560. The molecule has 0 aromatic carbocycles. The largest absolute Gasteiger partial charge is 0.462 e. The van der Waals surface area contributed by atoms with Crippen LogP contribution in [0.1, 0.15) is 41.0 Å². The highest BCUT2D eigenvalue weighted by atomic mass is 16.5. The molecule has 0 aliphatic carbocycles. The Morgan fingerprint density at radius 2 is 1.50 bits per heavy atom. The maximum absolute atomic E-state index is 10.6. The second-order valence-electron chi connectivity index (χ2n) is 4.15. The molecule has 4 heteroatoms. The van der Waals surface area contributed by atoms with E-state index in [0.717, 1.165) is 6.42 Å². The lowest BCUT2D eigenvalue weighted by Crippen LogP contribution is -2.11. The van der Waals surface area contributed by atoms with E-state index in [1.54, 1.807) is 27.7 Å². The van der Waals surface area contributed by atoms with E-state index in [2.05, 4.69) is 13.2 Å². The number of carbonyl (C=O) groups excluding carboxylic acids is 2. The molecule has 0 unspecified atom stereocenters. The van der Waals surface area contributed by atoms with Gasteiger partial charge in [-0.2, -0.15) is 0 Å². The second-order valence-corrected chi connectivity index (χ2v) is 4.15. The Morgan fingerprint density at radius 3 is 1.72 bits per heavy atom. The zero-order valence-corrected chi connectivity index (χ0v) is 12.0. The van der Waals surface area contributed by atoms with Crippen LogP contribution in [0.5, 0.6) is 0 Å². The highest BCUT2D eigenvalue weighted by Crippen LogP contribution is 1.95. The van der Waals surface area contributed by atoms with Crippen LogP contribution in [0.4, 0.5) is 0 Å². The Morgan fingerprint density at radius 1 is 1.06 bits per heavy atom. The topological polar surface area (TPSA) is 52.6 Å². The molecule has 0 radical (unpaired) electrons. The van der Waals surface area contributed by atoms with Crippen LogP contribution < -0.4 is 0 Å². The van der Waals surface area contributed by atoms with E-state index in [1.165, 1.54) is 0 Å². The van der Waals surface area contributed by atoms with Gasteiger partial charge in [0.25, 0.3) is 0 Å². The minimum atomic E-state index is -0.315. The minimum absolute atomic E-state index is 0.0470. The molecular weight excluding hydrogens is 232 g/mol. The smallest absolute Gasteiger partial charge is 0.333 e. The molecule has 0 aromatic heterocycles. The average Bonchev–Trinajstić information content (AvgIpc) is 2.25. The van der Waals surface area contributed by atoms with Crippen LogP contribution in [0.2, 0.25) is 0 Å². The molecule has 0 N–H and O–H groups in total. The van der Waals surface area contributed by atoms with Gasteiger partial charge in [0, 0.05) is 11.1 Å². The molecule has 0 bridgehead atoms. The fourth-order valence-electron chi connectivity index (χ4n) is 0.633. The Hall–Kier alpha value is -1.58. The van der Waals surface area contributed by atoms with Gasteiger partial charge in [0.1, 0.15) is 0 Å². The zero-order valence-electron chi connectivity index (χ0n) is 12.0. The average molecular weight is 256 g/mol. The lowest BCUT2D eigenvalue weighted by atomic mass is 10.3. The number of esters is 2. The van der Waals surface area contributed by atoms with E-state index >= 15 is 0 Å². The molecule has 0 aliphatic rings. The summed E-state index contributed by atoms with van der Waals surface area (Å²) in [6.45, 7) is 16.2. The third kappa shape index (κ3) is 12.5. The first kappa shape index (κ1) is 18.8. The van der Waals surface area contributed by atoms with E-state index in [0.29, 0.717) is 17.8 Å². The Balaban J connectivity index is 0. The Labute approximate surface area is 110 Å². The zero-order chi connectivity index (χ0) is 14.7. The summed E-state index contributed by atoms with van der Waals surface area (Å²) in [5.74, 6) is -0.609. The summed E-state index contributed by atoms with van der Waals surface area (Å²) in [7, 11) is 0. The molecule has 104 valence electrons. The number of hydrogen-bond acceptors (Lipinski definition) is 4. The highest BCUT2D eigenvalue weighted by Gasteiger charge is 2.03. The summed E-state index contributed by atoms with van der Waals surface area (Å²) in [5, 5.41) is 0. The van der Waals surface area contributed by atoms with E-state index in [9.17, 15) is 9.59 Å². The predicted octanol–water partition coefficient (Wildman–Crippen LogP) is 3.03. The van der Waals surface area contributed by atoms with Crippen molar-refractivity contribution in [3.05, 3.63) is 24.3 Å². The van der Waals surface area contributed by atoms with Crippen molar-refractivity contribution >= 4 is 11.9 Å². The van der Waals surface area contributed by atoms with Crippen molar-refractivity contribution in [3.63, 3.8) is 0 Å². The van der Waals surface area contributed by atoms with Gasteiger partial charge in [-0.05, 0) is 34.1 Å². The molecule has 0 amide bonds. The molecule has 0 spiro atoms. The third-order valence-corrected chi connectivity index (χ3v) is 1.48. The number of rotatable bonds is 5. The van der Waals surface area contributed by atoms with E-state index < -0.39 is 0 Å². The van der Waals surface area contributed by atoms with Crippen LogP contribution in [0.3, 0.4) is 0 Å². The van der Waals surface area contributed by atoms with Crippen LogP contribution in [-0.4, -0.2) is 24.6 Å². The fourth-order valence-corrected chi connectivity index (χ4v) is 0.633. The molecule has 0 atom stereocenters. The summed E-state index contributed by atoms with van der Waals surface area (Å²) >= 11 is 0. The van der Waals surface area contributed by atoms with Crippen molar-refractivity contribution in [1.82, 2.24) is 0 Å². The van der Waals surface area contributed by atoms with Gasteiger partial charge < -0.3 is 9.47 Å². The van der Waals surface area contributed by atoms with Gasteiger partial charge in [0.05, 0.1) is 12.7 Å². The second kappa shape index (κ2) is 10.6. The standard InChI is InChI=1S/2C7H12O2/c1-5(2)7(8)9-6(3)4;1-4-5-9-7(8)6(2)3/h6H,1H2,2-4H3;2,4-5H2,1,3H3. The van der Waals surface area contributed by atoms with Gasteiger partial charge in [-0.25, -0.2) is 9.59 Å². The van der Waals surface area contributed by atoms with Crippen LogP contribution in [0.15, 0.2) is 24.3 Å². The SMILES string of the molecule is C=C(C)C(=O)OC(C)C.C=C(C)C(=O)OCCC. The van der Waals surface area contributed by atoms with Crippen molar-refractivity contribution in [2.75, 3.05) is 6.61 Å². The van der Waals surface area contributed by atoms with E-state index in [1.807, 2.05) is 6.92 Å². The molecular formula is C14H24O4. The van der Waals surface area contributed by atoms with Crippen molar-refractivity contribution in [3.8, 4) is 0 Å². The molecule has 0 aliphatic heterocycles. The summed E-state index contributed by atoms with van der Waals surface area (Å²) in [6, 6.07) is 0. The highest BCUT2D eigenvalue weighted by molar-refractivity contribution is 5.87. The molecule has 4 nitrogen and oxygen atoms in total. The molecule has 0 heterocycles. The first-order chi connectivity index (χ1) is 8.22. The molecule has 0 fully saturated rings. The van der Waals surface area contributed by atoms with E-state index in [-0.39, 0.29) is 18.0 Å². The normalized spacial score (nSPS) is 9.00. The van der Waals surface area contributed by atoms with Crippen LogP contribution >= 0.6 is 0 Å². The van der Waals surface area contributed by atoms with E-state index in [4.69, 9.17) is 9.47 Å². The predicted molar refractivity (Wildman–Crippen MR) is 72.1 cm³/mol. The number of hydrogen-bond donors (Lipinski definition) is 0. The van der Waals surface area contributed by atoms with Crippen LogP contribution in [0.25, 0.3) is 0 Å². The first-order valence-electron chi connectivity index (χ1n) is 5.91. The van der Waals surface area contributed by atoms with Crippen molar-refractivity contribution < 1.29 is 19.1 Å². The summed E-state index contributed by atoms with van der Waals surface area (Å²) in [6.07, 6.45) is 0.813. The molecule has 0 rings (SSSR count). The summed E-state index contributed by atoms with van der Waals surface area (Å²) in [4.78, 5) is 21.2. The van der Waals surface area contributed by atoms with Crippen LogP contribution in [-0.2, 0) is 19.1 Å². The summed E-state index contributed by atoms with van der Waals surface area (Å²) < 4.78 is 9.49. The Kier molecular flexibility index (Phi) is 11.0. The summed E-state index contributed by atoms with van der Waals surface area (Å²) in [5.41, 5.74) is 0.909. The monoisotopic (exact) mass is 256 g/mol.